The minimum absolute atomic E-state index is 0. The molecule has 88 valence electrons. The van der Waals surface area contributed by atoms with Crippen LogP contribution in [0, 0.1) is 0 Å². The fourth-order valence-corrected chi connectivity index (χ4v) is 2.84. The Morgan fingerprint density at radius 1 is 1.24 bits per heavy atom. The zero-order valence-corrected chi connectivity index (χ0v) is 8.84. The topological polar surface area (TPSA) is 98.0 Å². The molecular weight excluding hydrogens is 265 g/mol. The Balaban J connectivity index is 0. The van der Waals surface area contributed by atoms with Crippen molar-refractivity contribution < 1.29 is 24.8 Å². The van der Waals surface area contributed by atoms with E-state index in [9.17, 15) is 14.6 Å². The molecule has 0 saturated heterocycles. The van der Waals surface area contributed by atoms with Gasteiger partial charge in [-0.25, -0.2) is 0 Å². The first-order valence-corrected chi connectivity index (χ1v) is 6.21. The zero-order chi connectivity index (χ0) is 11.5. The molecule has 0 saturated carbocycles. The van der Waals surface area contributed by atoms with Crippen molar-refractivity contribution in [1.82, 2.24) is 0 Å². The molecule has 1 rings (SSSR count). The molecule has 17 heavy (non-hydrogen) atoms. The first-order chi connectivity index (χ1) is 6.97. The third-order valence-electron chi connectivity index (χ3n) is 1.93. The quantitative estimate of drug-likeness (QED) is 0.391. The molecule has 8 heteroatoms. The van der Waals surface area contributed by atoms with Crippen LogP contribution >= 0.6 is 7.37 Å². The standard InChI is InChI=1S/C9H13O5P.2Na.2H/c10-5-7(11)6-15(13,14)9-4-2-1-3-8(9)12;;;;/h1-4,7,10-12H,5-6H2,(H,13,14);;;;. The summed E-state index contributed by atoms with van der Waals surface area (Å²) in [6.45, 7) is -0.585. The number of hydrogen-bond donors (Lipinski definition) is 4. The van der Waals surface area contributed by atoms with E-state index in [0.29, 0.717) is 0 Å². The number of phenolic OH excluding ortho intramolecular Hbond substituents is 1. The number of hydrogen-bond acceptors (Lipinski definition) is 4. The second kappa shape index (κ2) is 9.10. The molecule has 0 bridgehead atoms. The molecule has 0 amide bonds. The summed E-state index contributed by atoms with van der Waals surface area (Å²) in [7, 11) is -3.82. The molecule has 2 unspecified atom stereocenters. The minimum atomic E-state index is -3.82. The van der Waals surface area contributed by atoms with Crippen molar-refractivity contribution in [3.05, 3.63) is 24.3 Å². The first-order valence-electron chi connectivity index (χ1n) is 4.36. The number of rotatable bonds is 4. The molecule has 0 heterocycles. The molecule has 0 aliphatic rings. The van der Waals surface area contributed by atoms with E-state index in [2.05, 4.69) is 0 Å². The summed E-state index contributed by atoms with van der Waals surface area (Å²) in [5, 5.41) is 26.9. The second-order valence-corrected chi connectivity index (χ2v) is 5.46. The van der Waals surface area contributed by atoms with E-state index in [4.69, 9.17) is 10.2 Å². The number of aromatic hydroxyl groups is 1. The van der Waals surface area contributed by atoms with Gasteiger partial charge in [-0.2, -0.15) is 0 Å². The van der Waals surface area contributed by atoms with Crippen LogP contribution in [-0.4, -0.2) is 98.2 Å². The van der Waals surface area contributed by atoms with Gasteiger partial charge < -0.3 is 20.2 Å². The first kappa shape index (κ1) is 20.4. The van der Waals surface area contributed by atoms with Crippen LogP contribution in [0.15, 0.2) is 24.3 Å². The van der Waals surface area contributed by atoms with Crippen LogP contribution in [0.5, 0.6) is 5.75 Å². The van der Waals surface area contributed by atoms with Crippen LogP contribution in [0.3, 0.4) is 0 Å². The summed E-state index contributed by atoms with van der Waals surface area (Å²) < 4.78 is 11.7. The monoisotopic (exact) mass is 280 g/mol. The molecule has 1 aromatic rings. The Morgan fingerprint density at radius 3 is 2.24 bits per heavy atom. The average molecular weight is 280 g/mol. The molecule has 1 aromatic carbocycles. The normalized spacial score (nSPS) is 15.0. The van der Waals surface area contributed by atoms with Gasteiger partial charge in [-0.3, -0.25) is 4.57 Å². The Bertz CT molecular complexity index is 387. The maximum atomic E-state index is 11.7. The summed E-state index contributed by atoms with van der Waals surface area (Å²) in [5.74, 6) is -0.284. The predicted octanol–water partition coefficient (Wildman–Crippen LogP) is -1.66. The van der Waals surface area contributed by atoms with Crippen molar-refractivity contribution in [1.29, 1.82) is 0 Å². The molecule has 4 N–H and O–H groups in total. The van der Waals surface area contributed by atoms with Crippen molar-refractivity contribution in [2.45, 2.75) is 6.10 Å². The number of phenols is 1. The van der Waals surface area contributed by atoms with Gasteiger partial charge in [-0.05, 0) is 12.1 Å². The van der Waals surface area contributed by atoms with Crippen LogP contribution in [0.1, 0.15) is 0 Å². The zero-order valence-electron chi connectivity index (χ0n) is 7.95. The Labute approximate surface area is 144 Å². The van der Waals surface area contributed by atoms with Gasteiger partial charge >= 0.3 is 59.1 Å². The van der Waals surface area contributed by atoms with Crippen LogP contribution in [0.25, 0.3) is 0 Å². The summed E-state index contributed by atoms with van der Waals surface area (Å²) >= 11 is 0. The number of aliphatic hydroxyl groups is 2. The third kappa shape index (κ3) is 6.21. The van der Waals surface area contributed by atoms with E-state index in [-0.39, 0.29) is 70.2 Å². The average Bonchev–Trinajstić information content (AvgIpc) is 2.17. The molecule has 0 aliphatic heterocycles. The molecule has 0 radical (unpaired) electrons. The Morgan fingerprint density at radius 2 is 1.76 bits per heavy atom. The van der Waals surface area contributed by atoms with Gasteiger partial charge in [0.1, 0.15) is 5.75 Å². The van der Waals surface area contributed by atoms with E-state index in [1.54, 1.807) is 0 Å². The van der Waals surface area contributed by atoms with Crippen LogP contribution in [-0.2, 0) is 4.57 Å². The van der Waals surface area contributed by atoms with Crippen molar-refractivity contribution in [3.8, 4) is 5.75 Å². The number of aliphatic hydroxyl groups excluding tert-OH is 2. The molecule has 0 fully saturated rings. The van der Waals surface area contributed by atoms with Crippen LogP contribution in [0.4, 0.5) is 0 Å². The fourth-order valence-electron chi connectivity index (χ4n) is 1.20. The summed E-state index contributed by atoms with van der Waals surface area (Å²) in [6, 6.07) is 5.66. The molecule has 0 aliphatic carbocycles. The third-order valence-corrected chi connectivity index (χ3v) is 3.97. The van der Waals surface area contributed by atoms with Crippen molar-refractivity contribution in [2.75, 3.05) is 12.8 Å². The maximum absolute atomic E-state index is 11.7. The predicted molar refractivity (Wildman–Crippen MR) is 69.8 cm³/mol. The molecular formula is C9H15Na2O5P. The Kier molecular flexibility index (Phi) is 10.9. The van der Waals surface area contributed by atoms with E-state index in [1.165, 1.54) is 24.3 Å². The van der Waals surface area contributed by atoms with Gasteiger partial charge in [-0.15, -0.1) is 0 Å². The summed E-state index contributed by atoms with van der Waals surface area (Å²) in [4.78, 5) is 9.59. The summed E-state index contributed by atoms with van der Waals surface area (Å²) in [5.41, 5.74) is 0. The molecule has 0 aromatic heterocycles. The van der Waals surface area contributed by atoms with Gasteiger partial charge in [0, 0.05) is 0 Å². The van der Waals surface area contributed by atoms with Crippen LogP contribution in [0.2, 0.25) is 0 Å². The van der Waals surface area contributed by atoms with Crippen molar-refractivity contribution in [2.24, 2.45) is 0 Å². The summed E-state index contributed by atoms with van der Waals surface area (Å²) in [6.07, 6.45) is -1.73. The van der Waals surface area contributed by atoms with Gasteiger partial charge in [0.25, 0.3) is 0 Å². The second-order valence-electron chi connectivity index (χ2n) is 3.21. The Hall–Kier alpha value is 1.13. The van der Waals surface area contributed by atoms with E-state index in [1.807, 2.05) is 0 Å². The van der Waals surface area contributed by atoms with Crippen molar-refractivity contribution >= 4 is 71.8 Å². The molecule has 2 atom stereocenters. The molecule has 0 spiro atoms. The van der Waals surface area contributed by atoms with E-state index >= 15 is 0 Å². The van der Waals surface area contributed by atoms with Gasteiger partial charge in [-0.1, -0.05) is 12.1 Å². The van der Waals surface area contributed by atoms with E-state index < -0.39 is 26.2 Å². The van der Waals surface area contributed by atoms with Gasteiger partial charge in [0.2, 0.25) is 7.37 Å². The number of para-hydroxylation sites is 1. The fraction of sp³-hybridized carbons (Fsp3) is 0.333. The SMILES string of the molecule is O=P(O)(CC(O)CO)c1ccccc1O.[NaH].[NaH]. The van der Waals surface area contributed by atoms with Crippen LogP contribution < -0.4 is 5.30 Å². The van der Waals surface area contributed by atoms with E-state index in [0.717, 1.165) is 0 Å². The molecule has 5 nitrogen and oxygen atoms in total. The van der Waals surface area contributed by atoms with Crippen molar-refractivity contribution in [3.63, 3.8) is 0 Å². The number of benzene rings is 1. The van der Waals surface area contributed by atoms with Gasteiger partial charge in [0.15, 0.2) is 0 Å². The van der Waals surface area contributed by atoms with Gasteiger partial charge in [0.05, 0.1) is 24.2 Å².